The van der Waals surface area contributed by atoms with Gasteiger partial charge in [0.1, 0.15) is 5.54 Å². The third kappa shape index (κ3) is 3.10. The van der Waals surface area contributed by atoms with Crippen LogP contribution in [-0.2, 0) is 6.42 Å². The van der Waals surface area contributed by atoms with E-state index in [1.165, 1.54) is 10.8 Å². The number of hydrogen-bond donors (Lipinski definition) is 1. The van der Waals surface area contributed by atoms with Crippen molar-refractivity contribution in [2.24, 2.45) is 4.99 Å². The number of aromatic amines is 1. The molecule has 3 nitrogen and oxygen atoms in total. The molecular weight excluding hydrogens is 318 g/mol. The van der Waals surface area contributed by atoms with Gasteiger partial charge < -0.3 is 4.98 Å². The van der Waals surface area contributed by atoms with Gasteiger partial charge in [0.15, 0.2) is 0 Å². The Kier molecular flexibility index (Phi) is 4.02. The third-order valence-corrected chi connectivity index (χ3v) is 4.72. The van der Waals surface area contributed by atoms with Crippen LogP contribution in [0.3, 0.4) is 0 Å². The number of aromatic nitrogens is 1. The number of aliphatic imine (C=N–C) groups is 1. The summed E-state index contributed by atoms with van der Waals surface area (Å²) in [6, 6.07) is 25.0. The van der Waals surface area contributed by atoms with Gasteiger partial charge in [-0.3, -0.25) is 4.99 Å². The Morgan fingerprint density at radius 3 is 2.65 bits per heavy atom. The predicted octanol–water partition coefficient (Wildman–Crippen LogP) is 5.26. The smallest absolute Gasteiger partial charge is 0.148 e. The number of nitrogens with one attached hydrogen (secondary N) is 1. The highest BCUT2D eigenvalue weighted by molar-refractivity contribution is 5.90. The highest BCUT2D eigenvalue weighted by Crippen LogP contribution is 2.24. The lowest BCUT2D eigenvalue weighted by molar-refractivity contribution is 0.604. The summed E-state index contributed by atoms with van der Waals surface area (Å²) >= 11 is 0. The second kappa shape index (κ2) is 6.50. The molecule has 0 amide bonds. The average molecular weight is 337 g/mol. The van der Waals surface area contributed by atoms with Crippen LogP contribution in [0.1, 0.15) is 18.1 Å². The minimum absolute atomic E-state index is 0.567. The van der Waals surface area contributed by atoms with Crippen molar-refractivity contribution in [1.29, 1.82) is 5.26 Å². The van der Waals surface area contributed by atoms with Crippen molar-refractivity contribution >= 4 is 27.9 Å². The Hall–Kier alpha value is -3.38. The van der Waals surface area contributed by atoms with Crippen LogP contribution in [0.5, 0.6) is 0 Å². The summed E-state index contributed by atoms with van der Waals surface area (Å²) in [4.78, 5) is 7.90. The SMILES string of the molecule is CC(C#N)(Cc1c[nH]c2ccccc12)N=Cc1ccc2ccccc2c1. The Morgan fingerprint density at radius 1 is 1.04 bits per heavy atom. The van der Waals surface area contributed by atoms with Crippen LogP contribution in [0.25, 0.3) is 21.7 Å². The number of benzene rings is 3. The number of para-hydroxylation sites is 1. The molecule has 0 radical (unpaired) electrons. The van der Waals surface area contributed by atoms with E-state index in [0.29, 0.717) is 6.42 Å². The van der Waals surface area contributed by atoms with Gasteiger partial charge in [0, 0.05) is 29.7 Å². The Morgan fingerprint density at radius 2 is 1.81 bits per heavy atom. The first kappa shape index (κ1) is 16.1. The lowest BCUT2D eigenvalue weighted by Crippen LogP contribution is -2.23. The lowest BCUT2D eigenvalue weighted by atomic mass is 9.94. The first-order chi connectivity index (χ1) is 12.7. The van der Waals surface area contributed by atoms with Gasteiger partial charge in [0.25, 0.3) is 0 Å². The van der Waals surface area contributed by atoms with E-state index in [1.807, 2.05) is 55.7 Å². The molecule has 4 aromatic rings. The molecule has 0 aliphatic rings. The summed E-state index contributed by atoms with van der Waals surface area (Å²) in [5.74, 6) is 0. The van der Waals surface area contributed by atoms with Crippen molar-refractivity contribution < 1.29 is 0 Å². The molecule has 26 heavy (non-hydrogen) atoms. The second-order valence-electron chi connectivity index (χ2n) is 6.79. The van der Waals surface area contributed by atoms with E-state index in [1.54, 1.807) is 0 Å². The summed E-state index contributed by atoms with van der Waals surface area (Å²) in [5.41, 5.74) is 2.39. The average Bonchev–Trinajstić information content (AvgIpc) is 3.09. The van der Waals surface area contributed by atoms with Crippen LogP contribution in [0.15, 0.2) is 77.9 Å². The molecule has 126 valence electrons. The number of H-pyrrole nitrogens is 1. The minimum atomic E-state index is -0.809. The van der Waals surface area contributed by atoms with Crippen LogP contribution in [0.2, 0.25) is 0 Å². The molecule has 1 atom stereocenters. The third-order valence-electron chi connectivity index (χ3n) is 4.72. The predicted molar refractivity (Wildman–Crippen MR) is 108 cm³/mol. The molecule has 1 N–H and O–H groups in total. The molecule has 3 aromatic carbocycles. The Labute approximate surface area is 152 Å². The van der Waals surface area contributed by atoms with Crippen LogP contribution < -0.4 is 0 Å². The molecule has 0 fully saturated rings. The summed E-state index contributed by atoms with van der Waals surface area (Å²) in [5, 5.41) is 13.3. The first-order valence-corrected chi connectivity index (χ1v) is 8.67. The van der Waals surface area contributed by atoms with Gasteiger partial charge in [-0.05, 0) is 41.0 Å². The van der Waals surface area contributed by atoms with Crippen LogP contribution >= 0.6 is 0 Å². The zero-order chi connectivity index (χ0) is 18.0. The number of rotatable bonds is 4. The van der Waals surface area contributed by atoms with E-state index in [2.05, 4.69) is 46.4 Å². The summed E-state index contributed by atoms with van der Waals surface area (Å²) in [6.07, 6.45) is 4.36. The van der Waals surface area contributed by atoms with E-state index >= 15 is 0 Å². The maximum absolute atomic E-state index is 9.73. The van der Waals surface area contributed by atoms with Gasteiger partial charge >= 0.3 is 0 Å². The second-order valence-corrected chi connectivity index (χ2v) is 6.79. The maximum Gasteiger partial charge on any atom is 0.148 e. The van der Waals surface area contributed by atoms with Gasteiger partial charge in [-0.15, -0.1) is 0 Å². The monoisotopic (exact) mass is 337 g/mol. The lowest BCUT2D eigenvalue weighted by Gasteiger charge is -2.16. The number of hydrogen-bond acceptors (Lipinski definition) is 2. The largest absolute Gasteiger partial charge is 0.361 e. The summed E-state index contributed by atoms with van der Waals surface area (Å²) in [7, 11) is 0. The summed E-state index contributed by atoms with van der Waals surface area (Å²) in [6.45, 7) is 1.88. The Balaban J connectivity index is 1.62. The van der Waals surface area contributed by atoms with E-state index in [4.69, 9.17) is 0 Å². The molecule has 0 aliphatic heterocycles. The van der Waals surface area contributed by atoms with Crippen molar-refractivity contribution in [3.63, 3.8) is 0 Å². The van der Waals surface area contributed by atoms with E-state index in [-0.39, 0.29) is 0 Å². The van der Waals surface area contributed by atoms with Crippen molar-refractivity contribution in [2.45, 2.75) is 18.9 Å². The van der Waals surface area contributed by atoms with Crippen molar-refractivity contribution in [3.8, 4) is 6.07 Å². The van der Waals surface area contributed by atoms with Crippen molar-refractivity contribution in [1.82, 2.24) is 4.98 Å². The molecule has 0 saturated carbocycles. The van der Waals surface area contributed by atoms with E-state index < -0.39 is 5.54 Å². The molecule has 1 unspecified atom stereocenters. The molecular formula is C23H19N3. The highest BCUT2D eigenvalue weighted by Gasteiger charge is 2.24. The molecule has 0 aliphatic carbocycles. The fourth-order valence-electron chi connectivity index (χ4n) is 3.27. The van der Waals surface area contributed by atoms with Gasteiger partial charge in [-0.2, -0.15) is 5.26 Å². The first-order valence-electron chi connectivity index (χ1n) is 8.67. The molecule has 0 bridgehead atoms. The minimum Gasteiger partial charge on any atom is -0.361 e. The standard InChI is InChI=1S/C23H19N3/c1-23(16-24,13-20-15-25-22-9-5-4-8-21(20)22)26-14-17-10-11-18-6-2-3-7-19(18)12-17/h2-12,14-15,25H,13H2,1H3. The number of nitrogens with zero attached hydrogens (tertiary/aromatic N) is 2. The molecule has 4 rings (SSSR count). The highest BCUT2D eigenvalue weighted by atomic mass is 14.8. The number of nitriles is 1. The zero-order valence-electron chi connectivity index (χ0n) is 14.6. The van der Waals surface area contributed by atoms with Crippen molar-refractivity contribution in [3.05, 3.63) is 84.1 Å². The van der Waals surface area contributed by atoms with Crippen LogP contribution in [0, 0.1) is 11.3 Å². The molecule has 3 heteroatoms. The normalized spacial score (nSPS) is 13.8. The van der Waals surface area contributed by atoms with E-state index in [0.717, 1.165) is 22.0 Å². The fraction of sp³-hybridized carbons (Fsp3) is 0.130. The van der Waals surface area contributed by atoms with Gasteiger partial charge in [-0.25, -0.2) is 0 Å². The zero-order valence-corrected chi connectivity index (χ0v) is 14.6. The molecule has 1 aromatic heterocycles. The van der Waals surface area contributed by atoms with Crippen molar-refractivity contribution in [2.75, 3.05) is 0 Å². The number of fused-ring (bicyclic) bond motifs is 2. The summed E-state index contributed by atoms with van der Waals surface area (Å²) < 4.78 is 0. The quantitative estimate of drug-likeness (QED) is 0.507. The molecule has 1 heterocycles. The van der Waals surface area contributed by atoms with E-state index in [9.17, 15) is 5.26 Å². The fourth-order valence-corrected chi connectivity index (χ4v) is 3.27. The van der Waals surface area contributed by atoms with Gasteiger partial charge in [0.2, 0.25) is 0 Å². The Bertz CT molecular complexity index is 1150. The maximum atomic E-state index is 9.73. The molecule has 0 saturated heterocycles. The van der Waals surface area contributed by atoms with Gasteiger partial charge in [-0.1, -0.05) is 54.6 Å². The van der Waals surface area contributed by atoms with Crippen LogP contribution in [-0.4, -0.2) is 16.7 Å². The topological polar surface area (TPSA) is 51.9 Å². The molecule has 0 spiro atoms. The van der Waals surface area contributed by atoms with Gasteiger partial charge in [0.05, 0.1) is 6.07 Å². The van der Waals surface area contributed by atoms with Crippen LogP contribution in [0.4, 0.5) is 0 Å².